The minimum atomic E-state index is 0.00990. The van der Waals surface area contributed by atoms with Crippen molar-refractivity contribution in [1.29, 1.82) is 0 Å². The Morgan fingerprint density at radius 1 is 1.14 bits per heavy atom. The molecular formula is C26H27N5O4. The van der Waals surface area contributed by atoms with E-state index in [4.69, 9.17) is 18.9 Å². The number of carbonyl (C=O) groups is 1. The summed E-state index contributed by atoms with van der Waals surface area (Å²) in [7, 11) is 3.54. The summed E-state index contributed by atoms with van der Waals surface area (Å²) in [4.78, 5) is 26.0. The van der Waals surface area contributed by atoms with Crippen molar-refractivity contribution in [1.82, 2.24) is 15.0 Å². The van der Waals surface area contributed by atoms with Crippen LogP contribution < -0.4 is 15.4 Å². The van der Waals surface area contributed by atoms with Gasteiger partial charge in [0.05, 0.1) is 11.7 Å². The van der Waals surface area contributed by atoms with Gasteiger partial charge in [-0.25, -0.2) is 15.0 Å². The van der Waals surface area contributed by atoms with Crippen molar-refractivity contribution in [2.75, 3.05) is 31.4 Å². The van der Waals surface area contributed by atoms with Crippen LogP contribution in [0.25, 0.3) is 33.3 Å². The molecule has 0 spiro atoms. The fourth-order valence-electron chi connectivity index (χ4n) is 4.58. The summed E-state index contributed by atoms with van der Waals surface area (Å²) in [6, 6.07) is 7.56. The molecule has 1 amide bonds. The third-order valence-electron chi connectivity index (χ3n) is 6.70. The highest BCUT2D eigenvalue weighted by Crippen LogP contribution is 2.36. The number of hydrogen-bond acceptors (Lipinski definition) is 8. The zero-order valence-corrected chi connectivity index (χ0v) is 19.7. The molecule has 0 radical (unpaired) electrons. The number of ether oxygens (including phenoxy) is 2. The predicted octanol–water partition coefficient (Wildman–Crippen LogP) is 4.63. The van der Waals surface area contributed by atoms with E-state index in [1.807, 2.05) is 31.3 Å². The maximum atomic E-state index is 12.3. The number of methoxy groups -OCH3 is 1. The highest BCUT2D eigenvalue weighted by Gasteiger charge is 2.31. The van der Waals surface area contributed by atoms with Crippen LogP contribution in [0.2, 0.25) is 0 Å². The highest BCUT2D eigenvalue weighted by atomic mass is 16.5. The molecule has 1 aromatic carbocycles. The van der Waals surface area contributed by atoms with Crippen LogP contribution in [0.4, 0.5) is 11.6 Å². The smallest absolute Gasteiger partial charge is 0.229 e. The first-order valence-corrected chi connectivity index (χ1v) is 11.9. The van der Waals surface area contributed by atoms with Gasteiger partial charge in [-0.1, -0.05) is 0 Å². The Hall–Kier alpha value is -3.72. The van der Waals surface area contributed by atoms with E-state index >= 15 is 0 Å². The standard InChI is InChI=1S/C26H27N5O4/c1-27-24-19-11-28-23(31-25(32)15-3-4-15)10-18(19)20(12-29-24)26-30-21-9-16(5-6-22(21)35-26)34-17-7-14(8-17)13-33-2/h5-6,9-12,14-15,17H,3-4,7-8,13H2,1-2H3,(H,27,29)(H,28,31,32)/t14-,17+. The minimum Gasteiger partial charge on any atom is -0.490 e. The number of benzene rings is 1. The highest BCUT2D eigenvalue weighted by molar-refractivity contribution is 6.03. The SMILES string of the molecule is CNc1ncc(-c2nc3cc(O[C@H]4C[C@@H](COC)C4)ccc3o2)c2cc(NC(=O)C3CC3)ncc12. The normalized spacial score (nSPS) is 19.5. The fourth-order valence-corrected chi connectivity index (χ4v) is 4.58. The largest absolute Gasteiger partial charge is 0.490 e. The molecule has 2 saturated carbocycles. The molecule has 35 heavy (non-hydrogen) atoms. The molecule has 9 heteroatoms. The summed E-state index contributed by atoms with van der Waals surface area (Å²) >= 11 is 0. The number of hydrogen-bond donors (Lipinski definition) is 2. The lowest BCUT2D eigenvalue weighted by molar-refractivity contribution is -0.117. The Kier molecular flexibility index (Phi) is 5.49. The van der Waals surface area contributed by atoms with Crippen molar-refractivity contribution in [2.24, 2.45) is 11.8 Å². The van der Waals surface area contributed by atoms with Crippen LogP contribution in [-0.4, -0.2) is 47.7 Å². The Morgan fingerprint density at radius 3 is 2.77 bits per heavy atom. The van der Waals surface area contributed by atoms with Gasteiger partial charge in [0.1, 0.15) is 22.9 Å². The molecule has 3 heterocycles. The average Bonchev–Trinajstić information content (AvgIpc) is 3.61. The van der Waals surface area contributed by atoms with E-state index in [0.29, 0.717) is 34.5 Å². The van der Waals surface area contributed by atoms with Crippen LogP contribution in [0.3, 0.4) is 0 Å². The number of carbonyl (C=O) groups excluding carboxylic acids is 1. The van der Waals surface area contributed by atoms with Gasteiger partial charge in [0.2, 0.25) is 11.8 Å². The van der Waals surface area contributed by atoms with Crippen LogP contribution >= 0.6 is 0 Å². The molecule has 2 N–H and O–H groups in total. The number of oxazole rings is 1. The minimum absolute atomic E-state index is 0.00990. The van der Waals surface area contributed by atoms with Crippen molar-refractivity contribution < 1.29 is 18.7 Å². The van der Waals surface area contributed by atoms with E-state index < -0.39 is 0 Å². The third kappa shape index (κ3) is 4.27. The average molecular weight is 474 g/mol. The van der Waals surface area contributed by atoms with Crippen LogP contribution in [0.1, 0.15) is 25.7 Å². The lowest BCUT2D eigenvalue weighted by Gasteiger charge is -2.34. The fraction of sp³-hybridized carbons (Fsp3) is 0.385. The molecule has 0 bridgehead atoms. The molecule has 2 fully saturated rings. The molecule has 3 aromatic heterocycles. The number of anilines is 2. The molecule has 9 nitrogen and oxygen atoms in total. The lowest BCUT2D eigenvalue weighted by Crippen LogP contribution is -2.36. The third-order valence-corrected chi connectivity index (χ3v) is 6.70. The molecule has 180 valence electrons. The van der Waals surface area contributed by atoms with E-state index in [2.05, 4.69) is 20.6 Å². The Balaban J connectivity index is 1.31. The van der Waals surface area contributed by atoms with Crippen molar-refractivity contribution in [3.8, 4) is 17.2 Å². The zero-order valence-electron chi connectivity index (χ0n) is 19.7. The van der Waals surface area contributed by atoms with Crippen molar-refractivity contribution in [2.45, 2.75) is 31.8 Å². The second kappa shape index (κ2) is 8.81. The molecular weight excluding hydrogens is 446 g/mol. The lowest BCUT2D eigenvalue weighted by atomic mass is 9.83. The van der Waals surface area contributed by atoms with E-state index in [1.54, 1.807) is 19.5 Å². The zero-order chi connectivity index (χ0) is 23.9. The van der Waals surface area contributed by atoms with Gasteiger partial charge in [-0.05, 0) is 49.8 Å². The first kappa shape index (κ1) is 21.8. The first-order valence-electron chi connectivity index (χ1n) is 11.9. The second-order valence-electron chi connectivity index (χ2n) is 9.33. The van der Waals surface area contributed by atoms with Gasteiger partial charge >= 0.3 is 0 Å². The Labute approximate surface area is 202 Å². The predicted molar refractivity (Wildman–Crippen MR) is 132 cm³/mol. The summed E-state index contributed by atoms with van der Waals surface area (Å²) in [5.74, 6) is 3.10. The first-order chi connectivity index (χ1) is 17.1. The topological polar surface area (TPSA) is 111 Å². The maximum absolute atomic E-state index is 12.3. The van der Waals surface area contributed by atoms with E-state index in [-0.39, 0.29) is 17.9 Å². The number of rotatable bonds is 8. The van der Waals surface area contributed by atoms with Crippen molar-refractivity contribution >= 4 is 39.4 Å². The van der Waals surface area contributed by atoms with Gasteiger partial charge in [-0.15, -0.1) is 0 Å². The second-order valence-corrected chi connectivity index (χ2v) is 9.33. The van der Waals surface area contributed by atoms with Crippen LogP contribution in [-0.2, 0) is 9.53 Å². The van der Waals surface area contributed by atoms with Gasteiger partial charge in [0, 0.05) is 55.9 Å². The molecule has 2 aliphatic carbocycles. The summed E-state index contributed by atoms with van der Waals surface area (Å²) in [6.07, 6.45) is 7.51. The molecule has 2 aliphatic rings. The summed E-state index contributed by atoms with van der Waals surface area (Å²) in [5.41, 5.74) is 2.11. The monoisotopic (exact) mass is 473 g/mol. The molecule has 0 atom stereocenters. The summed E-state index contributed by atoms with van der Waals surface area (Å²) in [5, 5.41) is 7.67. The molecule has 6 rings (SSSR count). The number of fused-ring (bicyclic) bond motifs is 2. The van der Waals surface area contributed by atoms with Crippen molar-refractivity contribution in [3.05, 3.63) is 36.7 Å². The van der Waals surface area contributed by atoms with Crippen LogP contribution in [0.15, 0.2) is 41.1 Å². The van der Waals surface area contributed by atoms with Gasteiger partial charge in [0.25, 0.3) is 0 Å². The van der Waals surface area contributed by atoms with E-state index in [9.17, 15) is 4.79 Å². The number of pyridine rings is 2. The van der Waals surface area contributed by atoms with Gasteiger partial charge < -0.3 is 24.5 Å². The molecule has 0 unspecified atom stereocenters. The number of nitrogens with one attached hydrogen (secondary N) is 2. The quantitative estimate of drug-likeness (QED) is 0.381. The molecule has 0 aliphatic heterocycles. The molecule has 0 saturated heterocycles. The van der Waals surface area contributed by atoms with Gasteiger partial charge in [0.15, 0.2) is 5.58 Å². The van der Waals surface area contributed by atoms with Crippen LogP contribution in [0, 0.1) is 11.8 Å². The van der Waals surface area contributed by atoms with Gasteiger partial charge in [-0.2, -0.15) is 0 Å². The van der Waals surface area contributed by atoms with Gasteiger partial charge in [-0.3, -0.25) is 4.79 Å². The van der Waals surface area contributed by atoms with Crippen molar-refractivity contribution in [3.63, 3.8) is 0 Å². The van der Waals surface area contributed by atoms with E-state index in [0.717, 1.165) is 54.4 Å². The summed E-state index contributed by atoms with van der Waals surface area (Å²) < 4.78 is 17.4. The Morgan fingerprint density at radius 2 is 2.00 bits per heavy atom. The van der Waals surface area contributed by atoms with E-state index in [1.165, 1.54) is 0 Å². The Bertz CT molecular complexity index is 1410. The molecule has 4 aromatic rings. The van der Waals surface area contributed by atoms with Crippen LogP contribution in [0.5, 0.6) is 5.75 Å². The number of nitrogens with zero attached hydrogens (tertiary/aromatic N) is 3. The summed E-state index contributed by atoms with van der Waals surface area (Å²) in [6.45, 7) is 0.779. The maximum Gasteiger partial charge on any atom is 0.229 e. The number of aromatic nitrogens is 3. The number of amides is 1.